The van der Waals surface area contributed by atoms with Gasteiger partial charge in [0.1, 0.15) is 0 Å². The second kappa shape index (κ2) is 7.40. The molecule has 0 aromatic heterocycles. The van der Waals surface area contributed by atoms with Crippen molar-refractivity contribution in [3.8, 4) is 0 Å². The van der Waals surface area contributed by atoms with Gasteiger partial charge in [0.25, 0.3) is 0 Å². The molecule has 0 aliphatic carbocycles. The van der Waals surface area contributed by atoms with Crippen molar-refractivity contribution in [3.05, 3.63) is 34.9 Å². The summed E-state index contributed by atoms with van der Waals surface area (Å²) in [5, 5.41) is 7.22. The minimum absolute atomic E-state index is 0.465. The van der Waals surface area contributed by atoms with E-state index in [-0.39, 0.29) is 0 Å². The van der Waals surface area contributed by atoms with Gasteiger partial charge < -0.3 is 4.74 Å². The Bertz CT molecular complexity index is 446. The fourth-order valence-corrected chi connectivity index (χ4v) is 1.87. The number of hydrogen-bond donors (Lipinski definition) is 2. The molecule has 1 aliphatic rings. The predicted molar refractivity (Wildman–Crippen MR) is 80.3 cm³/mol. The van der Waals surface area contributed by atoms with E-state index in [0.717, 1.165) is 18.7 Å². The van der Waals surface area contributed by atoms with E-state index in [1.54, 1.807) is 6.21 Å². The second-order valence-corrected chi connectivity index (χ2v) is 4.81. The Labute approximate surface area is 122 Å². The number of benzene rings is 1. The molecule has 1 aromatic rings. The lowest BCUT2D eigenvalue weighted by molar-refractivity contribution is 0.0247. The largest absolute Gasteiger partial charge is 0.379 e. The van der Waals surface area contributed by atoms with Gasteiger partial charge >= 0.3 is 0 Å². The van der Waals surface area contributed by atoms with Crippen LogP contribution in [0.3, 0.4) is 0 Å². The van der Waals surface area contributed by atoms with Crippen LogP contribution >= 0.6 is 23.8 Å². The van der Waals surface area contributed by atoms with Crippen molar-refractivity contribution in [2.24, 2.45) is 5.10 Å². The summed E-state index contributed by atoms with van der Waals surface area (Å²) in [6.07, 6.45) is 1.68. The first-order valence-electron chi connectivity index (χ1n) is 5.92. The molecule has 19 heavy (non-hydrogen) atoms. The number of hydrazone groups is 1. The summed E-state index contributed by atoms with van der Waals surface area (Å²) < 4.78 is 5.24. The van der Waals surface area contributed by atoms with Crippen LogP contribution in [0.1, 0.15) is 5.56 Å². The first-order chi connectivity index (χ1) is 9.24. The van der Waals surface area contributed by atoms with Gasteiger partial charge in [-0.2, -0.15) is 5.10 Å². The van der Waals surface area contributed by atoms with Crippen LogP contribution in [0.25, 0.3) is 0 Å². The third-order valence-corrected chi connectivity index (χ3v) is 2.96. The van der Waals surface area contributed by atoms with E-state index in [1.165, 1.54) is 0 Å². The Balaban J connectivity index is 1.74. The summed E-state index contributed by atoms with van der Waals surface area (Å²) in [6, 6.07) is 7.39. The van der Waals surface area contributed by atoms with Gasteiger partial charge in [-0.05, 0) is 29.9 Å². The van der Waals surface area contributed by atoms with Gasteiger partial charge in [0.2, 0.25) is 5.11 Å². The van der Waals surface area contributed by atoms with Gasteiger partial charge in [-0.25, -0.2) is 5.01 Å². The fourth-order valence-electron chi connectivity index (χ4n) is 1.56. The van der Waals surface area contributed by atoms with E-state index in [1.807, 2.05) is 29.3 Å². The molecule has 7 heteroatoms. The zero-order valence-corrected chi connectivity index (χ0v) is 11.9. The number of thiocarbonyl (C=S) groups is 1. The van der Waals surface area contributed by atoms with Gasteiger partial charge in [0, 0.05) is 18.1 Å². The fraction of sp³-hybridized carbons (Fsp3) is 0.333. The molecule has 1 aromatic carbocycles. The quantitative estimate of drug-likeness (QED) is 0.502. The van der Waals surface area contributed by atoms with Crippen LogP contribution in [0.15, 0.2) is 29.4 Å². The molecule has 0 saturated carbocycles. The molecule has 102 valence electrons. The van der Waals surface area contributed by atoms with Crippen LogP contribution in [0, 0.1) is 0 Å². The number of hydrazine groups is 1. The average Bonchev–Trinajstić information content (AvgIpc) is 2.42. The first-order valence-corrected chi connectivity index (χ1v) is 6.70. The Morgan fingerprint density at radius 1 is 1.32 bits per heavy atom. The summed E-state index contributed by atoms with van der Waals surface area (Å²) in [6.45, 7) is 3.04. The Kier molecular flexibility index (Phi) is 5.53. The normalized spacial score (nSPS) is 16.5. The number of morpholine rings is 1. The number of nitrogens with one attached hydrogen (secondary N) is 2. The summed E-state index contributed by atoms with van der Waals surface area (Å²) in [5.41, 5.74) is 6.77. The molecular formula is C12H15ClN4OS. The third kappa shape index (κ3) is 5.12. The van der Waals surface area contributed by atoms with Crippen LogP contribution in [0.4, 0.5) is 0 Å². The molecule has 2 N–H and O–H groups in total. The lowest BCUT2D eigenvalue weighted by Crippen LogP contribution is -2.50. The van der Waals surface area contributed by atoms with Crippen molar-refractivity contribution in [3.63, 3.8) is 0 Å². The van der Waals surface area contributed by atoms with E-state index >= 15 is 0 Å². The van der Waals surface area contributed by atoms with Gasteiger partial charge in [-0.3, -0.25) is 10.9 Å². The zero-order chi connectivity index (χ0) is 13.5. The van der Waals surface area contributed by atoms with Crippen LogP contribution < -0.4 is 10.9 Å². The van der Waals surface area contributed by atoms with Crippen molar-refractivity contribution < 1.29 is 4.74 Å². The molecule has 1 saturated heterocycles. The topological polar surface area (TPSA) is 48.9 Å². The third-order valence-electron chi connectivity index (χ3n) is 2.52. The van der Waals surface area contributed by atoms with Crippen LogP contribution in [0.5, 0.6) is 0 Å². The molecule has 0 atom stereocenters. The van der Waals surface area contributed by atoms with Gasteiger partial charge in [-0.15, -0.1) is 0 Å². The van der Waals surface area contributed by atoms with E-state index in [0.29, 0.717) is 23.3 Å². The Hall–Kier alpha value is -1.21. The Morgan fingerprint density at radius 3 is 2.68 bits per heavy atom. The Morgan fingerprint density at radius 2 is 2.00 bits per heavy atom. The summed E-state index contributed by atoms with van der Waals surface area (Å²) in [5.74, 6) is 0. The van der Waals surface area contributed by atoms with Crippen molar-refractivity contribution in [1.29, 1.82) is 0 Å². The second-order valence-electron chi connectivity index (χ2n) is 3.96. The molecular weight excluding hydrogens is 284 g/mol. The maximum Gasteiger partial charge on any atom is 0.201 e. The van der Waals surface area contributed by atoms with Crippen molar-refractivity contribution in [2.75, 3.05) is 26.3 Å². The van der Waals surface area contributed by atoms with Gasteiger partial charge in [0.05, 0.1) is 19.4 Å². The maximum absolute atomic E-state index is 5.80. The van der Waals surface area contributed by atoms with E-state index in [9.17, 15) is 0 Å². The minimum atomic E-state index is 0.465. The summed E-state index contributed by atoms with van der Waals surface area (Å²) in [4.78, 5) is 0. The van der Waals surface area contributed by atoms with E-state index < -0.39 is 0 Å². The molecule has 5 nitrogen and oxygen atoms in total. The van der Waals surface area contributed by atoms with Crippen molar-refractivity contribution in [1.82, 2.24) is 15.9 Å². The lowest BCUT2D eigenvalue weighted by Gasteiger charge is -2.27. The highest BCUT2D eigenvalue weighted by Gasteiger charge is 2.10. The molecule has 1 heterocycles. The highest BCUT2D eigenvalue weighted by molar-refractivity contribution is 7.80. The molecule has 2 rings (SSSR count). The SMILES string of the molecule is S=C(N/N=C/c1ccc(Cl)cc1)NN1CCOCC1. The highest BCUT2D eigenvalue weighted by Crippen LogP contribution is 2.07. The molecule has 0 spiro atoms. The highest BCUT2D eigenvalue weighted by atomic mass is 35.5. The number of nitrogens with zero attached hydrogens (tertiary/aromatic N) is 2. The van der Waals surface area contributed by atoms with Crippen LogP contribution in [-0.4, -0.2) is 42.6 Å². The standard InChI is InChI=1S/C12H15ClN4OS/c13-11-3-1-10(2-4-11)9-14-15-12(19)16-17-5-7-18-8-6-17/h1-4,9H,5-8H2,(H2,15,16,19)/b14-9+. The monoisotopic (exact) mass is 298 g/mol. The number of halogens is 1. The molecule has 1 aliphatic heterocycles. The average molecular weight is 299 g/mol. The van der Waals surface area contributed by atoms with E-state index in [4.69, 9.17) is 28.6 Å². The number of ether oxygens (including phenoxy) is 1. The lowest BCUT2D eigenvalue weighted by atomic mass is 10.2. The summed E-state index contributed by atoms with van der Waals surface area (Å²) >= 11 is 10.9. The first kappa shape index (κ1) is 14.2. The molecule has 1 fully saturated rings. The molecule has 0 radical (unpaired) electrons. The number of rotatable bonds is 3. The molecule has 0 bridgehead atoms. The maximum atomic E-state index is 5.80. The van der Waals surface area contributed by atoms with Crippen LogP contribution in [0.2, 0.25) is 5.02 Å². The van der Waals surface area contributed by atoms with E-state index in [2.05, 4.69) is 16.0 Å². The number of hydrogen-bond acceptors (Lipinski definition) is 4. The summed E-state index contributed by atoms with van der Waals surface area (Å²) in [7, 11) is 0. The van der Waals surface area contributed by atoms with Crippen molar-refractivity contribution >= 4 is 35.1 Å². The molecule has 0 amide bonds. The minimum Gasteiger partial charge on any atom is -0.379 e. The zero-order valence-electron chi connectivity index (χ0n) is 10.3. The predicted octanol–water partition coefficient (Wildman–Crippen LogP) is 1.39. The van der Waals surface area contributed by atoms with Gasteiger partial charge in [-0.1, -0.05) is 23.7 Å². The van der Waals surface area contributed by atoms with Crippen LogP contribution in [-0.2, 0) is 4.74 Å². The van der Waals surface area contributed by atoms with Gasteiger partial charge in [0.15, 0.2) is 0 Å². The van der Waals surface area contributed by atoms with Crippen molar-refractivity contribution in [2.45, 2.75) is 0 Å². The smallest absolute Gasteiger partial charge is 0.201 e. The molecule has 0 unspecified atom stereocenters.